The highest BCUT2D eigenvalue weighted by molar-refractivity contribution is 6.32. The van der Waals surface area contributed by atoms with Crippen molar-refractivity contribution in [3.05, 3.63) is 92.6 Å². The number of rotatable bonds is 6. The Hall–Kier alpha value is -3.63. The summed E-state index contributed by atoms with van der Waals surface area (Å²) in [4.78, 5) is 38.1. The zero-order valence-electron chi connectivity index (χ0n) is 19.2. The van der Waals surface area contributed by atoms with Gasteiger partial charge in [0.1, 0.15) is 5.69 Å². The van der Waals surface area contributed by atoms with Crippen molar-refractivity contribution >= 4 is 40.3 Å². The van der Waals surface area contributed by atoms with Crippen LogP contribution in [0.1, 0.15) is 41.7 Å². The highest BCUT2D eigenvalue weighted by Crippen LogP contribution is 2.28. The fraction of sp³-hybridized carbons (Fsp3) is 0.240. The molecule has 1 aliphatic rings. The number of aromatic nitrogens is 5. The molecule has 37 heavy (non-hydrogen) atoms. The van der Waals surface area contributed by atoms with Crippen LogP contribution in [-0.2, 0) is 6.54 Å². The summed E-state index contributed by atoms with van der Waals surface area (Å²) in [6, 6.07) is 6.45. The minimum absolute atomic E-state index is 0.0967. The fourth-order valence-electron chi connectivity index (χ4n) is 4.47. The zero-order valence-corrected chi connectivity index (χ0v) is 20.8. The number of hydrogen-bond donors (Lipinski definition) is 1. The number of alkyl halides is 2. The third-order valence-electron chi connectivity index (χ3n) is 6.25. The first kappa shape index (κ1) is 25.0. The van der Waals surface area contributed by atoms with E-state index in [1.807, 2.05) is 12.1 Å². The average molecular weight is 545 g/mol. The lowest BCUT2D eigenvalue weighted by atomic mass is 9.92. The number of hydrogen-bond acceptors (Lipinski definition) is 5. The minimum atomic E-state index is -2.90. The highest BCUT2D eigenvalue weighted by atomic mass is 35.5. The molecule has 0 spiro atoms. The van der Waals surface area contributed by atoms with E-state index in [4.69, 9.17) is 23.2 Å². The first-order valence-corrected chi connectivity index (χ1v) is 12.2. The van der Waals surface area contributed by atoms with Gasteiger partial charge in [-0.1, -0.05) is 29.3 Å². The summed E-state index contributed by atoms with van der Waals surface area (Å²) < 4.78 is 29.7. The highest BCUT2D eigenvalue weighted by Gasteiger charge is 2.24. The van der Waals surface area contributed by atoms with E-state index in [-0.39, 0.29) is 22.2 Å². The number of allylic oxidation sites excluding steroid dienone is 2. The fourth-order valence-corrected chi connectivity index (χ4v) is 4.84. The molecular formula is C25H20Cl2F2N6O2. The molecule has 1 aliphatic carbocycles. The number of nitrogens with zero attached hydrogens (tertiary/aromatic N) is 5. The van der Waals surface area contributed by atoms with Crippen LogP contribution in [-0.4, -0.2) is 30.0 Å². The Labute approximate surface area is 219 Å². The predicted octanol–water partition coefficient (Wildman–Crippen LogP) is 5.34. The van der Waals surface area contributed by atoms with E-state index < -0.39 is 18.0 Å². The van der Waals surface area contributed by atoms with Crippen LogP contribution < -0.4 is 11.0 Å². The maximum absolute atomic E-state index is 13.5. The summed E-state index contributed by atoms with van der Waals surface area (Å²) in [5.41, 5.74) is 1.15. The van der Waals surface area contributed by atoms with Crippen LogP contribution >= 0.6 is 23.2 Å². The largest absolute Gasteiger partial charge is 0.335 e. The van der Waals surface area contributed by atoms with E-state index in [0.29, 0.717) is 53.4 Å². The Kier molecular flexibility index (Phi) is 7.03. The first-order valence-electron chi connectivity index (χ1n) is 11.4. The molecule has 0 unspecified atom stereocenters. The van der Waals surface area contributed by atoms with Crippen molar-refractivity contribution in [2.75, 3.05) is 0 Å². The van der Waals surface area contributed by atoms with Gasteiger partial charge in [0.05, 0.1) is 26.8 Å². The molecule has 0 saturated heterocycles. The van der Waals surface area contributed by atoms with Gasteiger partial charge in [-0.25, -0.2) is 23.1 Å². The number of pyridine rings is 3. The van der Waals surface area contributed by atoms with Gasteiger partial charge in [0.2, 0.25) is 0 Å². The van der Waals surface area contributed by atoms with Crippen LogP contribution in [0.4, 0.5) is 8.78 Å². The standard InChI is InChI=1S/C25H20Cl2F2N6O2/c26-15-10-17(21(22(28)29)32-11-15)24(36)33-16-5-3-14(4-6-16)13-34-20-2-1-8-31-23(20)35(25(34)37)19-7-9-30-12-18(19)27/h1-2,5,7-12,14,22H,3-4,6,13H2,(H,33,36)/t14-/m0/s1. The molecule has 0 aliphatic heterocycles. The van der Waals surface area contributed by atoms with Crippen molar-refractivity contribution in [3.63, 3.8) is 0 Å². The van der Waals surface area contributed by atoms with Gasteiger partial charge in [-0.05, 0) is 49.4 Å². The molecule has 0 aromatic carbocycles. The smallest absolute Gasteiger partial charge is 0.326 e. The number of nitrogens with one attached hydrogen (secondary N) is 1. The Morgan fingerprint density at radius 1 is 1.19 bits per heavy atom. The molecule has 12 heteroatoms. The van der Waals surface area contributed by atoms with Gasteiger partial charge in [0.15, 0.2) is 5.65 Å². The summed E-state index contributed by atoms with van der Waals surface area (Å²) in [5, 5.41) is 3.13. The third-order valence-corrected chi connectivity index (χ3v) is 6.75. The van der Waals surface area contributed by atoms with Crippen molar-refractivity contribution in [3.8, 4) is 5.69 Å². The van der Waals surface area contributed by atoms with Gasteiger partial charge in [0, 0.05) is 37.0 Å². The number of carbonyl (C=O) groups is 1. The molecule has 4 aromatic heterocycles. The number of halogens is 4. The van der Waals surface area contributed by atoms with Crippen LogP contribution in [0.2, 0.25) is 10.0 Å². The summed E-state index contributed by atoms with van der Waals surface area (Å²) in [6.45, 7) is 0.433. The number of amides is 1. The molecule has 4 heterocycles. The van der Waals surface area contributed by atoms with Crippen LogP contribution in [0.25, 0.3) is 16.9 Å². The van der Waals surface area contributed by atoms with E-state index in [1.165, 1.54) is 16.8 Å². The molecule has 0 saturated carbocycles. The lowest BCUT2D eigenvalue weighted by molar-refractivity contribution is 0.0946. The topological polar surface area (TPSA) is 94.7 Å². The van der Waals surface area contributed by atoms with Crippen molar-refractivity contribution < 1.29 is 13.6 Å². The normalized spacial score (nSPS) is 15.7. The van der Waals surface area contributed by atoms with Crippen LogP contribution in [0.15, 0.2) is 65.6 Å². The molecule has 0 radical (unpaired) electrons. The summed E-state index contributed by atoms with van der Waals surface area (Å²) in [5.74, 6) is -0.579. The molecule has 1 N–H and O–H groups in total. The summed E-state index contributed by atoms with van der Waals surface area (Å²) >= 11 is 12.2. The van der Waals surface area contributed by atoms with Gasteiger partial charge >= 0.3 is 5.69 Å². The lowest BCUT2D eigenvalue weighted by Crippen LogP contribution is -2.29. The third kappa shape index (κ3) is 4.99. The quantitative estimate of drug-likeness (QED) is 0.353. The van der Waals surface area contributed by atoms with E-state index in [0.717, 1.165) is 6.20 Å². The van der Waals surface area contributed by atoms with Gasteiger partial charge < -0.3 is 5.32 Å². The predicted molar refractivity (Wildman–Crippen MR) is 135 cm³/mol. The monoisotopic (exact) mass is 544 g/mol. The van der Waals surface area contributed by atoms with E-state index in [9.17, 15) is 18.4 Å². The maximum Gasteiger partial charge on any atom is 0.335 e. The Bertz CT molecular complexity index is 1580. The van der Waals surface area contributed by atoms with Crippen molar-refractivity contribution in [1.29, 1.82) is 0 Å². The van der Waals surface area contributed by atoms with Crippen molar-refractivity contribution in [2.24, 2.45) is 5.92 Å². The van der Waals surface area contributed by atoms with Crippen molar-refractivity contribution in [2.45, 2.75) is 32.2 Å². The van der Waals surface area contributed by atoms with Crippen LogP contribution in [0, 0.1) is 5.92 Å². The van der Waals surface area contributed by atoms with E-state index >= 15 is 0 Å². The molecule has 0 bridgehead atoms. The van der Waals surface area contributed by atoms with Gasteiger partial charge in [-0.2, -0.15) is 0 Å². The zero-order chi connectivity index (χ0) is 26.1. The number of carbonyl (C=O) groups excluding carboxylic acids is 1. The Morgan fingerprint density at radius 2 is 2.03 bits per heavy atom. The molecular weight excluding hydrogens is 525 g/mol. The SMILES string of the molecule is O=C(NC1=CC[C@H](Cn2c(=O)n(-c3ccncc3Cl)c3ncccc32)CC1)c1cc(Cl)cnc1C(F)F. The summed E-state index contributed by atoms with van der Waals surface area (Å²) in [7, 11) is 0. The molecule has 0 fully saturated rings. The lowest BCUT2D eigenvalue weighted by Gasteiger charge is -2.23. The van der Waals surface area contributed by atoms with E-state index in [1.54, 1.807) is 29.1 Å². The summed E-state index contributed by atoms with van der Waals surface area (Å²) in [6.07, 6.45) is 6.46. The second kappa shape index (κ2) is 10.4. The van der Waals surface area contributed by atoms with Gasteiger partial charge in [-0.15, -0.1) is 0 Å². The second-order valence-corrected chi connectivity index (χ2v) is 9.46. The van der Waals surface area contributed by atoms with Crippen LogP contribution in [0.3, 0.4) is 0 Å². The number of fused-ring (bicyclic) bond motifs is 1. The molecule has 1 atom stereocenters. The molecule has 8 nitrogen and oxygen atoms in total. The molecule has 5 rings (SSSR count). The first-order chi connectivity index (χ1) is 17.8. The number of imidazole rings is 1. The van der Waals surface area contributed by atoms with Crippen LogP contribution in [0.5, 0.6) is 0 Å². The second-order valence-electron chi connectivity index (χ2n) is 8.61. The molecule has 1 amide bonds. The van der Waals surface area contributed by atoms with E-state index in [2.05, 4.69) is 20.3 Å². The minimum Gasteiger partial charge on any atom is -0.326 e. The Balaban J connectivity index is 1.36. The molecule has 4 aromatic rings. The van der Waals surface area contributed by atoms with Crippen molar-refractivity contribution in [1.82, 2.24) is 29.4 Å². The maximum atomic E-state index is 13.5. The van der Waals surface area contributed by atoms with Gasteiger partial charge in [-0.3, -0.25) is 19.3 Å². The average Bonchev–Trinajstić information content (AvgIpc) is 3.16. The Morgan fingerprint density at radius 3 is 2.76 bits per heavy atom. The van der Waals surface area contributed by atoms with Gasteiger partial charge in [0.25, 0.3) is 12.3 Å². The molecule has 190 valence electrons.